The Morgan fingerprint density at radius 2 is 2.10 bits per heavy atom. The van der Waals surface area contributed by atoms with E-state index in [1.54, 1.807) is 10.9 Å². The lowest BCUT2D eigenvalue weighted by molar-refractivity contribution is 0.768. The van der Waals surface area contributed by atoms with Crippen LogP contribution in [-0.4, -0.2) is 19.7 Å². The number of aryl methyl sites for hydroxylation is 1. The fourth-order valence-corrected chi connectivity index (χ4v) is 2.35. The largest absolute Gasteiger partial charge is 0.339 e. The Morgan fingerprint density at radius 3 is 2.80 bits per heavy atom. The van der Waals surface area contributed by atoms with Gasteiger partial charge in [-0.15, -0.1) is 0 Å². The zero-order chi connectivity index (χ0) is 14.1. The molecule has 0 fully saturated rings. The first-order valence-electron chi connectivity index (χ1n) is 5.98. The molecule has 2 heterocycles. The third kappa shape index (κ3) is 2.64. The lowest BCUT2D eigenvalue weighted by atomic mass is 10.2. The minimum atomic E-state index is 0.526. The Bertz CT molecular complexity index is 822. The van der Waals surface area contributed by atoms with Gasteiger partial charge >= 0.3 is 0 Å². The molecular weight excluding hydrogens is 292 g/mol. The summed E-state index contributed by atoms with van der Waals surface area (Å²) in [4.78, 5) is 7.62. The molecule has 0 spiro atoms. The van der Waals surface area contributed by atoms with Crippen molar-refractivity contribution in [2.24, 2.45) is 7.05 Å². The molecule has 20 heavy (non-hydrogen) atoms. The van der Waals surface area contributed by atoms with Gasteiger partial charge in [0, 0.05) is 29.4 Å². The Labute approximate surface area is 126 Å². The molecule has 0 saturated carbocycles. The monoisotopic (exact) mass is 302 g/mol. The summed E-state index contributed by atoms with van der Waals surface area (Å²) in [5, 5.41) is 4.82. The molecule has 0 bridgehead atoms. The van der Waals surface area contributed by atoms with Crippen molar-refractivity contribution in [1.29, 1.82) is 0 Å². The van der Waals surface area contributed by atoms with Crippen LogP contribution in [0.25, 0.3) is 22.6 Å². The number of nitrogens with zero attached hydrogens (tertiary/aromatic N) is 3. The van der Waals surface area contributed by atoms with E-state index in [1.165, 1.54) is 0 Å². The number of nitrogens with one attached hydrogen (secondary N) is 1. The molecule has 0 aliphatic heterocycles. The van der Waals surface area contributed by atoms with Gasteiger partial charge in [-0.25, -0.2) is 4.98 Å². The second kappa shape index (κ2) is 5.19. The van der Waals surface area contributed by atoms with Crippen LogP contribution in [0, 0.1) is 4.64 Å². The quantitative estimate of drug-likeness (QED) is 0.731. The van der Waals surface area contributed by atoms with Crippen molar-refractivity contribution >= 4 is 23.8 Å². The van der Waals surface area contributed by atoms with Crippen LogP contribution in [0.2, 0.25) is 5.02 Å². The molecule has 1 N–H and O–H groups in total. The van der Waals surface area contributed by atoms with E-state index < -0.39 is 0 Å². The highest BCUT2D eigenvalue weighted by atomic mass is 35.5. The third-order valence-corrected chi connectivity index (χ3v) is 3.30. The molecule has 0 radical (unpaired) electrons. The summed E-state index contributed by atoms with van der Waals surface area (Å²) < 4.78 is 2.27. The molecule has 0 aliphatic rings. The van der Waals surface area contributed by atoms with Gasteiger partial charge in [0.05, 0.1) is 11.9 Å². The summed E-state index contributed by atoms with van der Waals surface area (Å²) in [5.74, 6) is 0.693. The summed E-state index contributed by atoms with van der Waals surface area (Å²) in [6, 6.07) is 9.31. The van der Waals surface area contributed by atoms with Crippen LogP contribution in [0.1, 0.15) is 0 Å². The maximum absolute atomic E-state index is 6.01. The number of hydrogen-bond donors (Lipinski definition) is 1. The Hall–Kier alpha value is -1.98. The number of rotatable bonds is 2. The van der Waals surface area contributed by atoms with E-state index in [-0.39, 0.29) is 0 Å². The minimum absolute atomic E-state index is 0.526. The van der Waals surface area contributed by atoms with Crippen molar-refractivity contribution in [2.45, 2.75) is 0 Å². The van der Waals surface area contributed by atoms with Gasteiger partial charge in [-0.05, 0) is 18.2 Å². The fraction of sp³-hybridized carbons (Fsp3) is 0.0714. The van der Waals surface area contributed by atoms with Crippen LogP contribution < -0.4 is 0 Å². The Morgan fingerprint density at radius 1 is 1.25 bits per heavy atom. The van der Waals surface area contributed by atoms with Crippen molar-refractivity contribution in [1.82, 2.24) is 19.7 Å². The van der Waals surface area contributed by atoms with Gasteiger partial charge in [0.2, 0.25) is 0 Å². The third-order valence-electron chi connectivity index (χ3n) is 2.86. The maximum atomic E-state index is 6.01. The molecule has 6 heteroatoms. The number of aromatic amines is 1. The van der Waals surface area contributed by atoms with E-state index in [1.807, 2.05) is 43.6 Å². The predicted molar refractivity (Wildman–Crippen MR) is 82.1 cm³/mol. The number of H-pyrrole nitrogens is 1. The van der Waals surface area contributed by atoms with Crippen molar-refractivity contribution in [3.05, 3.63) is 52.4 Å². The van der Waals surface area contributed by atoms with Crippen LogP contribution in [0.15, 0.2) is 42.7 Å². The summed E-state index contributed by atoms with van der Waals surface area (Å²) in [7, 11) is 1.87. The van der Waals surface area contributed by atoms with Gasteiger partial charge in [0.15, 0.2) is 0 Å². The number of hydrogen-bond acceptors (Lipinski definition) is 3. The highest BCUT2D eigenvalue weighted by molar-refractivity contribution is 7.71. The maximum Gasteiger partial charge on any atom is 0.139 e. The molecule has 2 aromatic heterocycles. The number of benzene rings is 1. The Balaban J connectivity index is 2.14. The normalized spacial score (nSPS) is 10.7. The van der Waals surface area contributed by atoms with Crippen molar-refractivity contribution in [3.63, 3.8) is 0 Å². The standard InChI is InChI=1S/C14H11ClN4S/c1-19-8-10(7-16-19)12-6-13(20)18-14(17-12)9-3-2-4-11(15)5-9/h2-8H,1H3,(H,17,18,20). The summed E-state index contributed by atoms with van der Waals surface area (Å²) in [6.45, 7) is 0. The molecule has 0 unspecified atom stereocenters. The van der Waals surface area contributed by atoms with Crippen molar-refractivity contribution in [3.8, 4) is 22.6 Å². The van der Waals surface area contributed by atoms with E-state index in [2.05, 4.69) is 15.1 Å². The van der Waals surface area contributed by atoms with E-state index >= 15 is 0 Å². The van der Waals surface area contributed by atoms with Gasteiger partial charge in [-0.2, -0.15) is 5.10 Å². The van der Waals surface area contributed by atoms with Gasteiger partial charge < -0.3 is 4.98 Å². The lowest BCUT2D eigenvalue weighted by Crippen LogP contribution is -1.92. The summed E-state index contributed by atoms with van der Waals surface area (Å²) in [5.41, 5.74) is 2.74. The molecule has 0 saturated heterocycles. The molecule has 1 aromatic carbocycles. The first-order chi connectivity index (χ1) is 9.61. The first kappa shape index (κ1) is 13.0. The van der Waals surface area contributed by atoms with E-state index in [0.717, 1.165) is 16.8 Å². The smallest absolute Gasteiger partial charge is 0.139 e. The number of aromatic nitrogens is 4. The van der Waals surface area contributed by atoms with Crippen molar-refractivity contribution in [2.75, 3.05) is 0 Å². The average Bonchev–Trinajstić information content (AvgIpc) is 2.85. The molecule has 3 aromatic rings. The van der Waals surface area contributed by atoms with Gasteiger partial charge in [0.1, 0.15) is 10.5 Å². The SMILES string of the molecule is Cn1cc(-c2cc(=S)nc(-c3cccc(Cl)c3)[nH]2)cn1. The Kier molecular flexibility index (Phi) is 3.38. The molecular formula is C14H11ClN4S. The molecule has 4 nitrogen and oxygen atoms in total. The average molecular weight is 303 g/mol. The highest BCUT2D eigenvalue weighted by Gasteiger charge is 2.06. The van der Waals surface area contributed by atoms with Gasteiger partial charge in [0.25, 0.3) is 0 Å². The second-order valence-electron chi connectivity index (χ2n) is 4.39. The van der Waals surface area contributed by atoms with Crippen LogP contribution in [0.3, 0.4) is 0 Å². The minimum Gasteiger partial charge on any atom is -0.339 e. The number of halogens is 1. The zero-order valence-corrected chi connectivity index (χ0v) is 12.2. The first-order valence-corrected chi connectivity index (χ1v) is 6.77. The van der Waals surface area contributed by atoms with Crippen molar-refractivity contribution < 1.29 is 0 Å². The van der Waals surface area contributed by atoms with Gasteiger partial charge in [-0.1, -0.05) is 36.0 Å². The molecule has 0 atom stereocenters. The lowest BCUT2D eigenvalue weighted by Gasteiger charge is -2.05. The van der Waals surface area contributed by atoms with E-state index in [0.29, 0.717) is 15.5 Å². The molecule has 3 rings (SSSR count). The molecule has 0 aliphatic carbocycles. The van der Waals surface area contributed by atoms with E-state index in [4.69, 9.17) is 23.8 Å². The fourth-order valence-electron chi connectivity index (χ4n) is 1.95. The predicted octanol–water partition coefficient (Wildman–Crippen LogP) is 3.86. The molecule has 100 valence electrons. The van der Waals surface area contributed by atoms with Crippen LogP contribution in [-0.2, 0) is 7.05 Å². The van der Waals surface area contributed by atoms with E-state index in [9.17, 15) is 0 Å². The zero-order valence-electron chi connectivity index (χ0n) is 10.7. The van der Waals surface area contributed by atoms with Crippen LogP contribution in [0.4, 0.5) is 0 Å². The second-order valence-corrected chi connectivity index (χ2v) is 5.25. The molecule has 0 amide bonds. The summed E-state index contributed by atoms with van der Waals surface area (Å²) >= 11 is 11.2. The van der Waals surface area contributed by atoms with Gasteiger partial charge in [-0.3, -0.25) is 4.68 Å². The van der Waals surface area contributed by atoms with Crippen LogP contribution in [0.5, 0.6) is 0 Å². The topological polar surface area (TPSA) is 46.5 Å². The van der Waals surface area contributed by atoms with Crippen LogP contribution >= 0.6 is 23.8 Å². The summed E-state index contributed by atoms with van der Waals surface area (Å²) in [6.07, 6.45) is 3.70. The highest BCUT2D eigenvalue weighted by Crippen LogP contribution is 2.23.